The van der Waals surface area contributed by atoms with Crippen LogP contribution in [0.15, 0.2) is 18.2 Å². The molecule has 1 aliphatic rings. The molecule has 2 atom stereocenters. The van der Waals surface area contributed by atoms with Crippen molar-refractivity contribution in [3.63, 3.8) is 0 Å². The van der Waals surface area contributed by atoms with Crippen molar-refractivity contribution < 1.29 is 14.3 Å². The molecule has 3 N–H and O–H groups in total. The lowest BCUT2D eigenvalue weighted by molar-refractivity contribution is 0.0761. The highest BCUT2D eigenvalue weighted by Crippen LogP contribution is 2.23. The Morgan fingerprint density at radius 3 is 3.00 bits per heavy atom. The summed E-state index contributed by atoms with van der Waals surface area (Å²) in [7, 11) is 0. The Morgan fingerprint density at radius 1 is 1.62 bits per heavy atom. The lowest BCUT2D eigenvalue weighted by Crippen LogP contribution is -2.31. The van der Waals surface area contributed by atoms with Gasteiger partial charge in [-0.05, 0) is 31.5 Å². The number of halogens is 1. The molecular formula is C16H19FN2O2. The smallest absolute Gasteiger partial charge is 0.255 e. The summed E-state index contributed by atoms with van der Waals surface area (Å²) >= 11 is 0. The highest BCUT2D eigenvalue weighted by molar-refractivity contribution is 5.97. The van der Waals surface area contributed by atoms with Gasteiger partial charge >= 0.3 is 0 Å². The number of amides is 1. The number of aliphatic hydroxyl groups is 1. The van der Waals surface area contributed by atoms with Gasteiger partial charge in [-0.25, -0.2) is 4.39 Å². The van der Waals surface area contributed by atoms with Gasteiger partial charge in [-0.2, -0.15) is 0 Å². The lowest BCUT2D eigenvalue weighted by atomic mass is 10.0. The molecule has 0 aromatic heterocycles. The van der Waals surface area contributed by atoms with E-state index >= 15 is 0 Å². The Kier molecular flexibility index (Phi) is 4.94. The predicted octanol–water partition coefficient (Wildman–Crippen LogP) is 0.979. The Balaban J connectivity index is 2.25. The van der Waals surface area contributed by atoms with E-state index in [1.807, 2.05) is 0 Å². The van der Waals surface area contributed by atoms with E-state index in [2.05, 4.69) is 11.8 Å². The molecule has 21 heavy (non-hydrogen) atoms. The number of carbonyl (C=O) groups excluding carboxylic acids is 1. The van der Waals surface area contributed by atoms with Crippen LogP contribution in [-0.4, -0.2) is 41.7 Å². The SMILES string of the molecule is CC(O)C1CCN(C(=O)c2cc(F)ccc2C#CCN)C1. The van der Waals surface area contributed by atoms with Gasteiger partial charge in [0.2, 0.25) is 0 Å². The quantitative estimate of drug-likeness (QED) is 0.798. The third-order valence-electron chi connectivity index (χ3n) is 3.73. The van der Waals surface area contributed by atoms with Crippen molar-refractivity contribution in [3.05, 3.63) is 35.1 Å². The highest BCUT2D eigenvalue weighted by Gasteiger charge is 2.30. The maximum Gasteiger partial charge on any atom is 0.255 e. The molecule has 1 heterocycles. The molecule has 1 aromatic carbocycles. The van der Waals surface area contributed by atoms with Crippen LogP contribution >= 0.6 is 0 Å². The lowest BCUT2D eigenvalue weighted by Gasteiger charge is -2.18. The third-order valence-corrected chi connectivity index (χ3v) is 3.73. The average Bonchev–Trinajstić information content (AvgIpc) is 2.95. The molecule has 1 aromatic rings. The van der Waals surface area contributed by atoms with Gasteiger partial charge in [0.25, 0.3) is 5.91 Å². The van der Waals surface area contributed by atoms with Crippen molar-refractivity contribution in [3.8, 4) is 11.8 Å². The van der Waals surface area contributed by atoms with E-state index in [4.69, 9.17) is 5.73 Å². The second-order valence-electron chi connectivity index (χ2n) is 5.24. The predicted molar refractivity (Wildman–Crippen MR) is 78.0 cm³/mol. The summed E-state index contributed by atoms with van der Waals surface area (Å²) in [5.74, 6) is 4.83. The van der Waals surface area contributed by atoms with Gasteiger partial charge in [-0.3, -0.25) is 4.79 Å². The standard InChI is InChI=1S/C16H19FN2O2/c1-11(20)13-6-8-19(10-13)16(21)15-9-14(17)5-4-12(15)3-2-7-18/h4-5,9,11,13,20H,6-8,10,18H2,1H3. The van der Waals surface area contributed by atoms with Gasteiger partial charge in [0.05, 0.1) is 18.2 Å². The van der Waals surface area contributed by atoms with Crippen LogP contribution in [0.25, 0.3) is 0 Å². The minimum atomic E-state index is -0.470. The second kappa shape index (κ2) is 6.70. The summed E-state index contributed by atoms with van der Waals surface area (Å²) in [6.45, 7) is 2.95. The maximum atomic E-state index is 13.4. The van der Waals surface area contributed by atoms with E-state index in [0.29, 0.717) is 18.7 Å². The number of rotatable bonds is 2. The molecule has 1 saturated heterocycles. The fourth-order valence-electron chi connectivity index (χ4n) is 2.48. The number of hydrogen-bond acceptors (Lipinski definition) is 3. The Bertz CT molecular complexity index is 590. The van der Waals surface area contributed by atoms with Gasteiger partial charge in [-0.1, -0.05) is 11.8 Å². The molecule has 4 nitrogen and oxygen atoms in total. The van der Waals surface area contributed by atoms with E-state index in [9.17, 15) is 14.3 Å². The number of likely N-dealkylation sites (tertiary alicyclic amines) is 1. The topological polar surface area (TPSA) is 66.6 Å². The zero-order chi connectivity index (χ0) is 15.4. The number of nitrogens with zero attached hydrogens (tertiary/aromatic N) is 1. The summed E-state index contributed by atoms with van der Waals surface area (Å²) < 4.78 is 13.4. The molecule has 5 heteroatoms. The molecule has 0 bridgehead atoms. The summed E-state index contributed by atoms with van der Waals surface area (Å²) in [6, 6.07) is 3.98. The number of hydrogen-bond donors (Lipinski definition) is 2. The van der Waals surface area contributed by atoms with E-state index in [0.717, 1.165) is 6.42 Å². The zero-order valence-corrected chi connectivity index (χ0v) is 12.0. The molecule has 2 rings (SSSR count). The van der Waals surface area contributed by atoms with Crippen molar-refractivity contribution in [1.29, 1.82) is 0 Å². The maximum absolute atomic E-state index is 13.4. The van der Waals surface area contributed by atoms with E-state index in [-0.39, 0.29) is 23.9 Å². The minimum Gasteiger partial charge on any atom is -0.393 e. The van der Waals surface area contributed by atoms with Crippen LogP contribution in [-0.2, 0) is 0 Å². The first-order valence-electron chi connectivity index (χ1n) is 6.98. The number of carbonyl (C=O) groups is 1. The molecule has 0 spiro atoms. The van der Waals surface area contributed by atoms with Crippen LogP contribution in [0.3, 0.4) is 0 Å². The normalized spacial score (nSPS) is 19.0. The van der Waals surface area contributed by atoms with Gasteiger partial charge in [0.1, 0.15) is 5.82 Å². The van der Waals surface area contributed by atoms with Crippen LogP contribution in [0, 0.1) is 23.6 Å². The Hall–Kier alpha value is -1.90. The summed E-state index contributed by atoms with van der Waals surface area (Å²) in [6.07, 6.45) is 0.300. The van der Waals surface area contributed by atoms with Crippen molar-refractivity contribution in [2.24, 2.45) is 11.7 Å². The number of benzene rings is 1. The van der Waals surface area contributed by atoms with Crippen LogP contribution in [0.5, 0.6) is 0 Å². The zero-order valence-electron chi connectivity index (χ0n) is 12.0. The number of aliphatic hydroxyl groups excluding tert-OH is 1. The fraction of sp³-hybridized carbons (Fsp3) is 0.438. The van der Waals surface area contributed by atoms with Crippen LogP contribution in [0.4, 0.5) is 4.39 Å². The first kappa shape index (κ1) is 15.5. The summed E-state index contributed by atoms with van der Waals surface area (Å²) in [4.78, 5) is 14.2. The van der Waals surface area contributed by atoms with E-state index in [1.54, 1.807) is 11.8 Å². The van der Waals surface area contributed by atoms with Gasteiger partial charge in [0, 0.05) is 24.6 Å². The summed E-state index contributed by atoms with van der Waals surface area (Å²) in [5, 5.41) is 9.60. The summed E-state index contributed by atoms with van der Waals surface area (Å²) in [5.41, 5.74) is 6.07. The molecule has 0 radical (unpaired) electrons. The van der Waals surface area contributed by atoms with Crippen molar-refractivity contribution >= 4 is 5.91 Å². The molecular weight excluding hydrogens is 271 g/mol. The first-order chi connectivity index (χ1) is 10.0. The molecule has 1 fully saturated rings. The third kappa shape index (κ3) is 3.60. The number of nitrogens with two attached hydrogens (primary N) is 1. The first-order valence-corrected chi connectivity index (χ1v) is 6.98. The Labute approximate surface area is 123 Å². The van der Waals surface area contributed by atoms with Crippen molar-refractivity contribution in [2.75, 3.05) is 19.6 Å². The highest BCUT2D eigenvalue weighted by atomic mass is 19.1. The molecule has 112 valence electrons. The van der Waals surface area contributed by atoms with E-state index < -0.39 is 11.9 Å². The molecule has 0 aliphatic carbocycles. The monoisotopic (exact) mass is 290 g/mol. The molecule has 0 saturated carbocycles. The minimum absolute atomic E-state index is 0.0704. The molecule has 1 amide bonds. The Morgan fingerprint density at radius 2 is 2.38 bits per heavy atom. The second-order valence-corrected chi connectivity index (χ2v) is 5.24. The van der Waals surface area contributed by atoms with Crippen LogP contribution < -0.4 is 5.73 Å². The van der Waals surface area contributed by atoms with Crippen LogP contribution in [0.2, 0.25) is 0 Å². The average molecular weight is 290 g/mol. The van der Waals surface area contributed by atoms with E-state index in [1.165, 1.54) is 18.2 Å². The van der Waals surface area contributed by atoms with Gasteiger partial charge in [0.15, 0.2) is 0 Å². The largest absolute Gasteiger partial charge is 0.393 e. The van der Waals surface area contributed by atoms with Gasteiger partial charge < -0.3 is 15.7 Å². The molecule has 1 aliphatic heterocycles. The fourth-order valence-corrected chi connectivity index (χ4v) is 2.48. The van der Waals surface area contributed by atoms with Gasteiger partial charge in [-0.15, -0.1) is 0 Å². The van der Waals surface area contributed by atoms with Crippen molar-refractivity contribution in [1.82, 2.24) is 4.90 Å². The van der Waals surface area contributed by atoms with Crippen molar-refractivity contribution in [2.45, 2.75) is 19.4 Å². The van der Waals surface area contributed by atoms with Crippen LogP contribution in [0.1, 0.15) is 29.3 Å². The molecule has 2 unspecified atom stereocenters.